The van der Waals surface area contributed by atoms with E-state index >= 15 is 0 Å². The summed E-state index contributed by atoms with van der Waals surface area (Å²) in [5.74, 6) is 0.369. The minimum Gasteiger partial charge on any atom is -0.450 e. The topological polar surface area (TPSA) is 67.4 Å². The van der Waals surface area contributed by atoms with Gasteiger partial charge in [-0.1, -0.05) is 38.1 Å². The van der Waals surface area contributed by atoms with Crippen LogP contribution in [0.25, 0.3) is 0 Å². The lowest BCUT2D eigenvalue weighted by Crippen LogP contribution is -2.45. The number of aryl methyl sites for hydroxylation is 1. The maximum atomic E-state index is 12.1. The molecule has 1 rings (SSSR count). The van der Waals surface area contributed by atoms with Gasteiger partial charge in [0.2, 0.25) is 5.91 Å². The molecular formula is C18H28N2O3. The van der Waals surface area contributed by atoms with Crippen molar-refractivity contribution in [3.63, 3.8) is 0 Å². The first-order valence-electron chi connectivity index (χ1n) is 8.16. The van der Waals surface area contributed by atoms with Crippen LogP contribution in [0.1, 0.15) is 38.3 Å². The number of amides is 2. The summed E-state index contributed by atoms with van der Waals surface area (Å²) in [5, 5.41) is 5.71. The van der Waals surface area contributed by atoms with Gasteiger partial charge in [0, 0.05) is 12.6 Å². The van der Waals surface area contributed by atoms with Gasteiger partial charge >= 0.3 is 6.09 Å². The Balaban J connectivity index is 2.51. The van der Waals surface area contributed by atoms with Crippen molar-refractivity contribution in [1.82, 2.24) is 10.6 Å². The second kappa shape index (κ2) is 9.87. The Hall–Kier alpha value is -2.04. The Morgan fingerprint density at radius 1 is 1.22 bits per heavy atom. The summed E-state index contributed by atoms with van der Waals surface area (Å²) < 4.78 is 4.91. The summed E-state index contributed by atoms with van der Waals surface area (Å²) in [5.41, 5.74) is 2.12. The number of hydrogen-bond acceptors (Lipinski definition) is 3. The van der Waals surface area contributed by atoms with E-state index in [0.29, 0.717) is 25.5 Å². The van der Waals surface area contributed by atoms with E-state index in [1.807, 2.05) is 31.2 Å². The summed E-state index contributed by atoms with van der Waals surface area (Å²) in [6, 6.07) is 7.71. The van der Waals surface area contributed by atoms with Crippen LogP contribution >= 0.6 is 0 Å². The first-order valence-corrected chi connectivity index (χ1v) is 8.16. The van der Waals surface area contributed by atoms with Crippen molar-refractivity contribution >= 4 is 12.0 Å². The van der Waals surface area contributed by atoms with Gasteiger partial charge in [-0.25, -0.2) is 4.79 Å². The van der Waals surface area contributed by atoms with Crippen LogP contribution in [0.2, 0.25) is 0 Å². The van der Waals surface area contributed by atoms with Gasteiger partial charge in [-0.05, 0) is 37.3 Å². The largest absolute Gasteiger partial charge is 0.450 e. The fourth-order valence-electron chi connectivity index (χ4n) is 2.38. The summed E-state index contributed by atoms with van der Waals surface area (Å²) in [7, 11) is 0. The molecule has 0 aliphatic carbocycles. The highest BCUT2D eigenvalue weighted by molar-refractivity contribution is 5.79. The third-order valence-electron chi connectivity index (χ3n) is 3.51. The molecule has 1 atom stereocenters. The predicted molar refractivity (Wildman–Crippen MR) is 91.3 cm³/mol. The summed E-state index contributed by atoms with van der Waals surface area (Å²) >= 11 is 0. The Morgan fingerprint density at radius 2 is 1.91 bits per heavy atom. The molecule has 128 valence electrons. The zero-order chi connectivity index (χ0) is 17.2. The fourth-order valence-corrected chi connectivity index (χ4v) is 2.38. The van der Waals surface area contributed by atoms with E-state index < -0.39 is 6.09 Å². The minimum atomic E-state index is -0.439. The highest BCUT2D eigenvalue weighted by atomic mass is 16.5. The molecule has 23 heavy (non-hydrogen) atoms. The van der Waals surface area contributed by atoms with Gasteiger partial charge in [0.1, 0.15) is 0 Å². The first kappa shape index (κ1) is 19.0. The number of ether oxygens (including phenoxy) is 1. The molecule has 2 amide bonds. The normalized spacial score (nSPS) is 11.9. The lowest BCUT2D eigenvalue weighted by atomic mass is 10.0. The Morgan fingerprint density at radius 3 is 2.52 bits per heavy atom. The van der Waals surface area contributed by atoms with Gasteiger partial charge in [-0.15, -0.1) is 0 Å². The van der Waals surface area contributed by atoms with E-state index in [4.69, 9.17) is 4.74 Å². The molecule has 0 saturated carbocycles. The Bertz CT molecular complexity index is 515. The van der Waals surface area contributed by atoms with Crippen LogP contribution in [0.5, 0.6) is 0 Å². The molecule has 0 heterocycles. The van der Waals surface area contributed by atoms with Gasteiger partial charge in [-0.3, -0.25) is 4.79 Å². The third-order valence-corrected chi connectivity index (χ3v) is 3.51. The summed E-state index contributed by atoms with van der Waals surface area (Å²) in [6.45, 7) is 8.65. The van der Waals surface area contributed by atoms with E-state index in [1.165, 1.54) is 0 Å². The molecule has 0 fully saturated rings. The van der Waals surface area contributed by atoms with Crippen LogP contribution in [-0.4, -0.2) is 31.2 Å². The number of carbonyl (C=O) groups excluding carboxylic acids is 2. The quantitative estimate of drug-likeness (QED) is 0.774. The van der Waals surface area contributed by atoms with Crippen LogP contribution in [-0.2, 0) is 16.0 Å². The molecule has 5 heteroatoms. The van der Waals surface area contributed by atoms with Gasteiger partial charge in [0.05, 0.1) is 13.0 Å². The maximum Gasteiger partial charge on any atom is 0.407 e. The molecule has 0 spiro atoms. The van der Waals surface area contributed by atoms with Crippen molar-refractivity contribution in [2.75, 3.05) is 13.2 Å². The molecule has 0 bridgehead atoms. The zero-order valence-electron chi connectivity index (χ0n) is 14.5. The lowest BCUT2D eigenvalue weighted by Gasteiger charge is -2.21. The SMILES string of the molecule is CCOC(=O)NC(CNC(=O)Cc1ccccc1C)CC(C)C. The summed E-state index contributed by atoms with van der Waals surface area (Å²) in [6.07, 6.45) is 0.690. The van der Waals surface area contributed by atoms with Gasteiger partial charge < -0.3 is 15.4 Å². The predicted octanol–water partition coefficient (Wildman–Crippen LogP) is 2.81. The fraction of sp³-hybridized carbons (Fsp3) is 0.556. The van der Waals surface area contributed by atoms with Gasteiger partial charge in [0.25, 0.3) is 0 Å². The highest BCUT2D eigenvalue weighted by Gasteiger charge is 2.16. The van der Waals surface area contributed by atoms with E-state index in [0.717, 1.165) is 17.5 Å². The first-order chi connectivity index (χ1) is 10.9. The highest BCUT2D eigenvalue weighted by Crippen LogP contribution is 2.08. The van der Waals surface area contributed by atoms with Crippen LogP contribution in [0, 0.1) is 12.8 Å². The molecule has 1 aromatic carbocycles. The van der Waals surface area contributed by atoms with Crippen molar-refractivity contribution in [2.24, 2.45) is 5.92 Å². The zero-order valence-corrected chi connectivity index (χ0v) is 14.5. The number of nitrogens with one attached hydrogen (secondary N) is 2. The summed E-state index contributed by atoms with van der Waals surface area (Å²) in [4.78, 5) is 23.7. The van der Waals surface area contributed by atoms with Gasteiger partial charge in [-0.2, -0.15) is 0 Å². The smallest absolute Gasteiger partial charge is 0.407 e. The molecule has 0 aromatic heterocycles. The molecule has 0 aliphatic rings. The second-order valence-electron chi connectivity index (χ2n) is 6.10. The number of rotatable bonds is 8. The van der Waals surface area contributed by atoms with E-state index in [1.54, 1.807) is 6.92 Å². The molecule has 0 radical (unpaired) electrons. The number of hydrogen-bond donors (Lipinski definition) is 2. The standard InChI is InChI=1S/C18H28N2O3/c1-5-23-18(22)20-16(10-13(2)3)12-19-17(21)11-15-9-7-6-8-14(15)4/h6-9,13,16H,5,10-12H2,1-4H3,(H,19,21)(H,20,22). The van der Waals surface area contributed by atoms with Crippen LogP contribution in [0.15, 0.2) is 24.3 Å². The molecule has 5 nitrogen and oxygen atoms in total. The Kier molecular flexibility index (Phi) is 8.16. The van der Waals surface area contributed by atoms with E-state index in [9.17, 15) is 9.59 Å². The third kappa shape index (κ3) is 7.68. The maximum absolute atomic E-state index is 12.1. The average Bonchev–Trinajstić information content (AvgIpc) is 2.47. The van der Waals surface area contributed by atoms with Crippen molar-refractivity contribution in [1.29, 1.82) is 0 Å². The van der Waals surface area contributed by atoms with Crippen molar-refractivity contribution in [2.45, 2.75) is 46.6 Å². The average molecular weight is 320 g/mol. The number of alkyl carbamates (subject to hydrolysis) is 1. The molecule has 0 aliphatic heterocycles. The molecular weight excluding hydrogens is 292 g/mol. The molecule has 1 aromatic rings. The van der Waals surface area contributed by atoms with Crippen LogP contribution in [0.3, 0.4) is 0 Å². The minimum absolute atomic E-state index is 0.0429. The molecule has 0 saturated heterocycles. The molecule has 2 N–H and O–H groups in total. The number of benzene rings is 1. The lowest BCUT2D eigenvalue weighted by molar-refractivity contribution is -0.120. The van der Waals surface area contributed by atoms with Crippen molar-refractivity contribution in [3.05, 3.63) is 35.4 Å². The van der Waals surface area contributed by atoms with Crippen LogP contribution < -0.4 is 10.6 Å². The van der Waals surface area contributed by atoms with E-state index in [-0.39, 0.29) is 11.9 Å². The van der Waals surface area contributed by atoms with Crippen LogP contribution in [0.4, 0.5) is 4.79 Å². The van der Waals surface area contributed by atoms with Gasteiger partial charge in [0.15, 0.2) is 0 Å². The van der Waals surface area contributed by atoms with Crippen molar-refractivity contribution in [3.8, 4) is 0 Å². The van der Waals surface area contributed by atoms with Crippen molar-refractivity contribution < 1.29 is 14.3 Å². The molecule has 1 unspecified atom stereocenters. The Labute approximate surface area is 138 Å². The number of carbonyl (C=O) groups is 2. The van der Waals surface area contributed by atoms with E-state index in [2.05, 4.69) is 24.5 Å². The monoisotopic (exact) mass is 320 g/mol. The second-order valence-corrected chi connectivity index (χ2v) is 6.10.